The van der Waals surface area contributed by atoms with Crippen molar-refractivity contribution in [1.82, 2.24) is 0 Å². The number of amides is 1. The molecule has 3 aromatic carbocycles. The summed E-state index contributed by atoms with van der Waals surface area (Å²) in [6.07, 6.45) is 0. The van der Waals surface area contributed by atoms with Crippen molar-refractivity contribution in [2.24, 2.45) is 0 Å². The number of nitrogens with zero attached hydrogens (tertiary/aromatic N) is 1. The lowest BCUT2D eigenvalue weighted by Crippen LogP contribution is -2.29. The molecular weight excluding hydrogens is 421 g/mol. The van der Waals surface area contributed by atoms with Gasteiger partial charge in [0, 0.05) is 5.69 Å². The zero-order valence-electron chi connectivity index (χ0n) is 15.9. The molecule has 0 spiro atoms. The van der Waals surface area contributed by atoms with Crippen LogP contribution in [-0.2, 0) is 0 Å². The molecule has 1 aliphatic rings. The zero-order valence-corrected chi connectivity index (χ0v) is 17.4. The molecule has 0 N–H and O–H groups in total. The topological polar surface area (TPSA) is 50.5 Å². The van der Waals surface area contributed by atoms with E-state index in [1.54, 1.807) is 47.4 Å². The fourth-order valence-electron chi connectivity index (χ4n) is 3.89. The lowest BCUT2D eigenvalue weighted by atomic mass is 9.98. The van der Waals surface area contributed by atoms with Crippen LogP contribution in [0.4, 0.5) is 5.69 Å². The van der Waals surface area contributed by atoms with Crippen LogP contribution in [0.5, 0.6) is 0 Å². The lowest BCUT2D eigenvalue weighted by molar-refractivity contribution is 0.0971. The summed E-state index contributed by atoms with van der Waals surface area (Å²) in [6.45, 7) is 1.97. The Morgan fingerprint density at radius 3 is 2.37 bits per heavy atom. The second-order valence-electron chi connectivity index (χ2n) is 7.26. The molecule has 1 atom stereocenters. The molecule has 0 saturated heterocycles. The van der Waals surface area contributed by atoms with Gasteiger partial charge in [0.2, 0.25) is 5.76 Å². The van der Waals surface area contributed by atoms with Crippen LogP contribution in [0.2, 0.25) is 10.0 Å². The number of halogens is 2. The van der Waals surface area contributed by atoms with Gasteiger partial charge in [-0.25, -0.2) is 0 Å². The number of hydrogen-bond donors (Lipinski definition) is 0. The molecule has 4 nitrogen and oxygen atoms in total. The molecule has 0 bridgehead atoms. The van der Waals surface area contributed by atoms with E-state index in [1.807, 2.05) is 31.2 Å². The van der Waals surface area contributed by atoms with Crippen LogP contribution in [0.3, 0.4) is 0 Å². The maximum absolute atomic E-state index is 13.4. The smallest absolute Gasteiger partial charge is 0.295 e. The summed E-state index contributed by atoms with van der Waals surface area (Å²) in [5, 5.41) is 1.18. The average molecular weight is 436 g/mol. The first-order valence-corrected chi connectivity index (χ1v) is 10.1. The third kappa shape index (κ3) is 2.83. The number of para-hydroxylation sites is 1. The van der Waals surface area contributed by atoms with Crippen LogP contribution in [0.1, 0.15) is 33.3 Å². The molecule has 1 aromatic heterocycles. The van der Waals surface area contributed by atoms with Gasteiger partial charge in [0.15, 0.2) is 5.43 Å². The Morgan fingerprint density at radius 1 is 0.900 bits per heavy atom. The number of anilines is 1. The van der Waals surface area contributed by atoms with Crippen LogP contribution in [0.25, 0.3) is 11.0 Å². The molecule has 6 heteroatoms. The molecule has 0 unspecified atom stereocenters. The van der Waals surface area contributed by atoms with Gasteiger partial charge in [-0.2, -0.15) is 0 Å². The number of benzene rings is 3. The maximum Gasteiger partial charge on any atom is 0.295 e. The molecule has 0 fully saturated rings. The molecule has 0 saturated carbocycles. The molecular formula is C24H15Cl2NO3. The number of hydrogen-bond acceptors (Lipinski definition) is 3. The monoisotopic (exact) mass is 435 g/mol. The quantitative estimate of drug-likeness (QED) is 0.378. The van der Waals surface area contributed by atoms with Crippen molar-refractivity contribution in [2.75, 3.05) is 4.90 Å². The van der Waals surface area contributed by atoms with Crippen LogP contribution in [0.15, 0.2) is 75.9 Å². The van der Waals surface area contributed by atoms with E-state index in [0.29, 0.717) is 37.8 Å². The molecule has 1 aliphatic heterocycles. The van der Waals surface area contributed by atoms with E-state index in [4.69, 9.17) is 27.6 Å². The van der Waals surface area contributed by atoms with E-state index < -0.39 is 6.04 Å². The molecule has 0 radical (unpaired) electrons. The highest BCUT2D eigenvalue weighted by Gasteiger charge is 2.43. The second kappa shape index (κ2) is 7.01. The van der Waals surface area contributed by atoms with Crippen molar-refractivity contribution in [3.8, 4) is 0 Å². The summed E-state index contributed by atoms with van der Waals surface area (Å²) in [5.74, 6) is -0.317. The molecule has 5 rings (SSSR count). The van der Waals surface area contributed by atoms with E-state index >= 15 is 0 Å². The van der Waals surface area contributed by atoms with Gasteiger partial charge in [-0.3, -0.25) is 14.5 Å². The third-order valence-corrected chi connectivity index (χ3v) is 6.09. The van der Waals surface area contributed by atoms with Crippen LogP contribution >= 0.6 is 23.2 Å². The Kier molecular flexibility index (Phi) is 4.42. The van der Waals surface area contributed by atoms with Crippen LogP contribution in [-0.4, -0.2) is 5.91 Å². The average Bonchev–Trinajstić information content (AvgIpc) is 3.04. The van der Waals surface area contributed by atoms with Gasteiger partial charge in [-0.15, -0.1) is 0 Å². The Hall–Kier alpha value is -3.08. The number of fused-ring (bicyclic) bond motifs is 2. The highest BCUT2D eigenvalue weighted by molar-refractivity contribution is 6.42. The molecule has 2 heterocycles. The Bertz CT molecular complexity index is 1380. The van der Waals surface area contributed by atoms with E-state index in [2.05, 4.69) is 0 Å². The highest BCUT2D eigenvalue weighted by atomic mass is 35.5. The Labute approximate surface area is 182 Å². The van der Waals surface area contributed by atoms with Gasteiger partial charge < -0.3 is 4.42 Å². The Balaban J connectivity index is 1.82. The van der Waals surface area contributed by atoms with Crippen molar-refractivity contribution in [3.63, 3.8) is 0 Å². The standard InChI is InChI=1S/C24H15Cl2NO3/c1-13-6-9-15(10-7-13)27-21(14-8-11-17(25)18(26)12-14)20-22(28)16-4-2-3-5-19(16)30-23(20)24(27)29/h2-12,21H,1H3/t21-/m0/s1. The molecule has 0 aliphatic carbocycles. The first-order valence-electron chi connectivity index (χ1n) is 9.36. The number of aryl methyl sites for hydroxylation is 1. The van der Waals surface area contributed by atoms with Crippen molar-refractivity contribution in [1.29, 1.82) is 0 Å². The predicted molar refractivity (Wildman–Crippen MR) is 119 cm³/mol. The van der Waals surface area contributed by atoms with Gasteiger partial charge in [-0.05, 0) is 48.9 Å². The summed E-state index contributed by atoms with van der Waals surface area (Å²) >= 11 is 12.4. The van der Waals surface area contributed by atoms with Gasteiger partial charge in [0.25, 0.3) is 5.91 Å². The summed E-state index contributed by atoms with van der Waals surface area (Å²) in [4.78, 5) is 28.5. The normalized spacial score (nSPS) is 15.6. The number of carbonyl (C=O) groups is 1. The van der Waals surface area contributed by atoms with Crippen molar-refractivity contribution in [2.45, 2.75) is 13.0 Å². The first-order chi connectivity index (χ1) is 14.5. The van der Waals surface area contributed by atoms with E-state index in [1.165, 1.54) is 0 Å². The van der Waals surface area contributed by atoms with E-state index in [-0.39, 0.29) is 17.1 Å². The summed E-state index contributed by atoms with van der Waals surface area (Å²) in [6, 6.07) is 18.9. The SMILES string of the molecule is Cc1ccc(N2C(=O)c3oc4ccccc4c(=O)c3[C@@H]2c2ccc(Cl)c(Cl)c2)cc1. The first kappa shape index (κ1) is 18.9. The van der Waals surface area contributed by atoms with Gasteiger partial charge in [-0.1, -0.05) is 59.1 Å². The highest BCUT2D eigenvalue weighted by Crippen LogP contribution is 2.42. The summed E-state index contributed by atoms with van der Waals surface area (Å²) in [7, 11) is 0. The minimum absolute atomic E-state index is 0.0512. The van der Waals surface area contributed by atoms with Gasteiger partial charge in [0.05, 0.1) is 27.0 Å². The van der Waals surface area contributed by atoms with Crippen molar-refractivity contribution >= 4 is 45.8 Å². The summed E-state index contributed by atoms with van der Waals surface area (Å²) < 4.78 is 5.93. The molecule has 148 valence electrons. The molecule has 4 aromatic rings. The van der Waals surface area contributed by atoms with E-state index in [9.17, 15) is 9.59 Å². The second-order valence-corrected chi connectivity index (χ2v) is 8.07. The zero-order chi connectivity index (χ0) is 21.0. The van der Waals surface area contributed by atoms with Crippen LogP contribution < -0.4 is 10.3 Å². The lowest BCUT2D eigenvalue weighted by Gasteiger charge is -2.25. The molecule has 30 heavy (non-hydrogen) atoms. The number of rotatable bonds is 2. The fourth-order valence-corrected chi connectivity index (χ4v) is 4.20. The predicted octanol–water partition coefficient (Wildman–Crippen LogP) is 6.16. The Morgan fingerprint density at radius 2 is 1.63 bits per heavy atom. The van der Waals surface area contributed by atoms with Crippen molar-refractivity contribution < 1.29 is 9.21 Å². The van der Waals surface area contributed by atoms with Crippen molar-refractivity contribution in [3.05, 3.63) is 109 Å². The summed E-state index contributed by atoms with van der Waals surface area (Å²) in [5.41, 5.74) is 2.86. The fraction of sp³-hybridized carbons (Fsp3) is 0.0833. The van der Waals surface area contributed by atoms with Gasteiger partial charge in [0.1, 0.15) is 5.58 Å². The minimum Gasteiger partial charge on any atom is -0.450 e. The largest absolute Gasteiger partial charge is 0.450 e. The number of carbonyl (C=O) groups excluding carboxylic acids is 1. The van der Waals surface area contributed by atoms with Gasteiger partial charge >= 0.3 is 0 Å². The minimum atomic E-state index is -0.675. The maximum atomic E-state index is 13.4. The molecule has 1 amide bonds. The van der Waals surface area contributed by atoms with E-state index in [0.717, 1.165) is 5.56 Å². The van der Waals surface area contributed by atoms with Crippen LogP contribution in [0, 0.1) is 6.92 Å². The third-order valence-electron chi connectivity index (χ3n) is 5.35.